The molecule has 1 aromatic rings. The SMILES string of the molecule is CN1C(=O)CC(N)C1c1cnn(C)c1. The van der Waals surface area contributed by atoms with E-state index in [-0.39, 0.29) is 18.0 Å². The van der Waals surface area contributed by atoms with Crippen molar-refractivity contribution in [1.29, 1.82) is 0 Å². The molecule has 1 saturated heterocycles. The van der Waals surface area contributed by atoms with E-state index in [1.165, 1.54) is 0 Å². The van der Waals surface area contributed by atoms with Crippen LogP contribution in [0.1, 0.15) is 18.0 Å². The molecule has 1 amide bonds. The summed E-state index contributed by atoms with van der Waals surface area (Å²) >= 11 is 0. The maximum atomic E-state index is 11.4. The molecule has 1 fully saturated rings. The van der Waals surface area contributed by atoms with Gasteiger partial charge in [-0.25, -0.2) is 0 Å². The number of aromatic nitrogens is 2. The van der Waals surface area contributed by atoms with Crippen molar-refractivity contribution in [3.8, 4) is 0 Å². The van der Waals surface area contributed by atoms with E-state index >= 15 is 0 Å². The van der Waals surface area contributed by atoms with E-state index in [1.807, 2.05) is 13.2 Å². The maximum Gasteiger partial charge on any atom is 0.224 e. The van der Waals surface area contributed by atoms with Gasteiger partial charge < -0.3 is 10.6 Å². The summed E-state index contributed by atoms with van der Waals surface area (Å²) in [6.07, 6.45) is 4.09. The molecule has 14 heavy (non-hydrogen) atoms. The molecule has 1 aliphatic heterocycles. The fourth-order valence-corrected chi connectivity index (χ4v) is 1.96. The number of hydrogen-bond donors (Lipinski definition) is 1. The molecule has 2 heterocycles. The highest BCUT2D eigenvalue weighted by atomic mass is 16.2. The highest BCUT2D eigenvalue weighted by Gasteiger charge is 2.36. The number of aryl methyl sites for hydroxylation is 1. The summed E-state index contributed by atoms with van der Waals surface area (Å²) in [7, 11) is 3.64. The second kappa shape index (κ2) is 3.09. The van der Waals surface area contributed by atoms with E-state index in [2.05, 4.69) is 5.10 Å². The molecule has 76 valence electrons. The van der Waals surface area contributed by atoms with E-state index in [0.29, 0.717) is 6.42 Å². The second-order valence-corrected chi connectivity index (χ2v) is 3.76. The van der Waals surface area contributed by atoms with Crippen LogP contribution in [0.3, 0.4) is 0 Å². The van der Waals surface area contributed by atoms with Gasteiger partial charge in [0.05, 0.1) is 12.2 Å². The maximum absolute atomic E-state index is 11.4. The van der Waals surface area contributed by atoms with Crippen LogP contribution in [0, 0.1) is 0 Å². The molecule has 1 aliphatic rings. The van der Waals surface area contributed by atoms with Crippen LogP contribution >= 0.6 is 0 Å². The lowest BCUT2D eigenvalue weighted by Crippen LogP contribution is -2.29. The van der Waals surface area contributed by atoms with Crippen LogP contribution in [0.5, 0.6) is 0 Å². The van der Waals surface area contributed by atoms with Crippen molar-refractivity contribution in [1.82, 2.24) is 14.7 Å². The van der Waals surface area contributed by atoms with Gasteiger partial charge in [-0.3, -0.25) is 9.48 Å². The lowest BCUT2D eigenvalue weighted by molar-refractivity contribution is -0.127. The fraction of sp³-hybridized carbons (Fsp3) is 0.556. The first kappa shape index (κ1) is 9.21. The summed E-state index contributed by atoms with van der Waals surface area (Å²) in [4.78, 5) is 13.1. The summed E-state index contributed by atoms with van der Waals surface area (Å²) < 4.78 is 1.72. The number of carbonyl (C=O) groups excluding carboxylic acids is 1. The van der Waals surface area contributed by atoms with Crippen LogP contribution in [0.25, 0.3) is 0 Å². The molecule has 2 rings (SSSR count). The summed E-state index contributed by atoms with van der Waals surface area (Å²) in [5.74, 6) is 0.103. The Morgan fingerprint density at radius 3 is 2.71 bits per heavy atom. The summed E-state index contributed by atoms with van der Waals surface area (Å²) in [5.41, 5.74) is 6.91. The van der Waals surface area contributed by atoms with Gasteiger partial charge in [0, 0.05) is 38.3 Å². The van der Waals surface area contributed by atoms with Crippen molar-refractivity contribution in [3.63, 3.8) is 0 Å². The minimum Gasteiger partial charge on any atom is -0.337 e. The molecule has 2 atom stereocenters. The van der Waals surface area contributed by atoms with Crippen molar-refractivity contribution in [2.24, 2.45) is 12.8 Å². The first-order chi connectivity index (χ1) is 6.59. The van der Waals surface area contributed by atoms with E-state index in [0.717, 1.165) is 5.56 Å². The van der Waals surface area contributed by atoms with Crippen LogP contribution in [-0.2, 0) is 11.8 Å². The van der Waals surface area contributed by atoms with Crippen molar-refractivity contribution in [2.45, 2.75) is 18.5 Å². The molecule has 5 heteroatoms. The van der Waals surface area contributed by atoms with Crippen molar-refractivity contribution in [3.05, 3.63) is 18.0 Å². The molecular formula is C9H14N4O. The molecule has 0 spiro atoms. The van der Waals surface area contributed by atoms with Crippen molar-refractivity contribution >= 4 is 5.91 Å². The summed E-state index contributed by atoms with van der Waals surface area (Å²) in [5, 5.41) is 4.08. The molecule has 1 aromatic heterocycles. The Labute approximate surface area is 82.5 Å². The van der Waals surface area contributed by atoms with Crippen molar-refractivity contribution < 1.29 is 4.79 Å². The molecule has 2 N–H and O–H groups in total. The summed E-state index contributed by atoms with van der Waals surface area (Å²) in [6.45, 7) is 0. The van der Waals surface area contributed by atoms with Crippen LogP contribution in [-0.4, -0.2) is 33.7 Å². The molecule has 0 aliphatic carbocycles. The topological polar surface area (TPSA) is 64.2 Å². The fourth-order valence-electron chi connectivity index (χ4n) is 1.96. The summed E-state index contributed by atoms with van der Waals surface area (Å²) in [6, 6.07) is -0.132. The Hall–Kier alpha value is -1.36. The molecule has 5 nitrogen and oxygen atoms in total. The third-order valence-electron chi connectivity index (χ3n) is 2.69. The molecule has 0 bridgehead atoms. The van der Waals surface area contributed by atoms with Gasteiger partial charge in [-0.1, -0.05) is 0 Å². The quantitative estimate of drug-likeness (QED) is 0.664. The number of hydrogen-bond acceptors (Lipinski definition) is 3. The van der Waals surface area contributed by atoms with Crippen molar-refractivity contribution in [2.75, 3.05) is 7.05 Å². The number of carbonyl (C=O) groups is 1. The number of rotatable bonds is 1. The van der Waals surface area contributed by atoms with Gasteiger partial charge in [0.15, 0.2) is 0 Å². The largest absolute Gasteiger partial charge is 0.337 e. The zero-order chi connectivity index (χ0) is 10.3. The molecule has 0 radical (unpaired) electrons. The number of likely N-dealkylation sites (tertiary alicyclic amines) is 1. The van der Waals surface area contributed by atoms with Gasteiger partial charge >= 0.3 is 0 Å². The first-order valence-corrected chi connectivity index (χ1v) is 4.59. The Morgan fingerprint density at radius 2 is 2.29 bits per heavy atom. The van der Waals surface area contributed by atoms with E-state index in [4.69, 9.17) is 5.73 Å². The molecular weight excluding hydrogens is 180 g/mol. The third kappa shape index (κ3) is 1.29. The lowest BCUT2D eigenvalue weighted by atomic mass is 10.1. The smallest absolute Gasteiger partial charge is 0.224 e. The van der Waals surface area contributed by atoms with Gasteiger partial charge in [-0.05, 0) is 0 Å². The normalized spacial score (nSPS) is 27.4. The van der Waals surface area contributed by atoms with Crippen LogP contribution in [0.15, 0.2) is 12.4 Å². The zero-order valence-corrected chi connectivity index (χ0v) is 8.34. The average molecular weight is 194 g/mol. The van der Waals surface area contributed by atoms with Gasteiger partial charge in [0.1, 0.15) is 0 Å². The minimum absolute atomic E-state index is 0.0174. The Morgan fingerprint density at radius 1 is 1.57 bits per heavy atom. The Kier molecular flexibility index (Phi) is 2.03. The molecule has 0 aromatic carbocycles. The minimum atomic E-state index is -0.114. The first-order valence-electron chi connectivity index (χ1n) is 4.59. The van der Waals surface area contributed by atoms with Gasteiger partial charge in [-0.15, -0.1) is 0 Å². The van der Waals surface area contributed by atoms with Crippen LogP contribution in [0.2, 0.25) is 0 Å². The van der Waals surface area contributed by atoms with E-state index < -0.39 is 0 Å². The average Bonchev–Trinajstić information content (AvgIpc) is 2.60. The van der Waals surface area contributed by atoms with Gasteiger partial charge in [0.2, 0.25) is 5.91 Å². The number of nitrogens with zero attached hydrogens (tertiary/aromatic N) is 3. The molecule has 0 saturated carbocycles. The van der Waals surface area contributed by atoms with Gasteiger partial charge in [-0.2, -0.15) is 5.10 Å². The predicted molar refractivity (Wildman–Crippen MR) is 51.3 cm³/mol. The Bertz CT molecular complexity index is 359. The standard InChI is InChI=1S/C9H14N4O/c1-12-5-6(4-11-12)9-7(10)3-8(14)13(9)2/h4-5,7,9H,3,10H2,1-2H3. The highest BCUT2D eigenvalue weighted by Crippen LogP contribution is 2.29. The third-order valence-corrected chi connectivity index (χ3v) is 2.69. The number of likely N-dealkylation sites (N-methyl/N-ethyl adjacent to an activating group) is 1. The van der Waals surface area contributed by atoms with E-state index in [9.17, 15) is 4.79 Å². The highest BCUT2D eigenvalue weighted by molar-refractivity contribution is 5.80. The number of amides is 1. The van der Waals surface area contributed by atoms with Gasteiger partial charge in [0.25, 0.3) is 0 Å². The van der Waals surface area contributed by atoms with Crippen LogP contribution in [0.4, 0.5) is 0 Å². The second-order valence-electron chi connectivity index (χ2n) is 3.76. The van der Waals surface area contributed by atoms with E-state index in [1.54, 1.807) is 22.8 Å². The lowest BCUT2D eigenvalue weighted by Gasteiger charge is -2.21. The number of nitrogens with two attached hydrogens (primary N) is 1. The Balaban J connectivity index is 2.30. The van der Waals surface area contributed by atoms with Crippen LogP contribution < -0.4 is 5.73 Å². The molecule has 2 unspecified atom stereocenters. The predicted octanol–water partition coefficient (Wildman–Crippen LogP) is -0.349. The zero-order valence-electron chi connectivity index (χ0n) is 8.34. The monoisotopic (exact) mass is 194 g/mol.